The number of aryl methyl sites for hydroxylation is 1. The third-order valence-corrected chi connectivity index (χ3v) is 2.95. The van der Waals surface area contributed by atoms with E-state index in [4.69, 9.17) is 0 Å². The predicted octanol–water partition coefficient (Wildman–Crippen LogP) is 4.45. The molecule has 1 rings (SSSR count). The van der Waals surface area contributed by atoms with Gasteiger partial charge in [0, 0.05) is 11.1 Å². The van der Waals surface area contributed by atoms with Crippen LogP contribution in [-0.4, -0.2) is 12.1 Å². The number of halogens is 2. The molecule has 0 bridgehead atoms. The SMILES string of the molecule is C/C(=C/CCNC(C)(C)C)c1ccc(C)c(F)c1F. The Morgan fingerprint density at radius 1 is 1.21 bits per heavy atom. The highest BCUT2D eigenvalue weighted by atomic mass is 19.2. The zero-order chi connectivity index (χ0) is 14.6. The molecule has 0 saturated heterocycles. The summed E-state index contributed by atoms with van der Waals surface area (Å²) in [6.07, 6.45) is 2.73. The minimum Gasteiger partial charge on any atom is -0.312 e. The van der Waals surface area contributed by atoms with Gasteiger partial charge in [-0.1, -0.05) is 18.2 Å². The van der Waals surface area contributed by atoms with E-state index in [-0.39, 0.29) is 5.54 Å². The standard InChI is InChI=1S/C16H23F2N/c1-11(7-6-10-19-16(3,4)5)13-9-8-12(2)14(17)15(13)18/h7-9,19H,6,10H2,1-5H3/b11-7-. The van der Waals surface area contributed by atoms with Crippen LogP contribution in [0.2, 0.25) is 0 Å². The topological polar surface area (TPSA) is 12.0 Å². The summed E-state index contributed by atoms with van der Waals surface area (Å²) in [6.45, 7) is 10.5. The van der Waals surface area contributed by atoms with Crippen molar-refractivity contribution in [1.29, 1.82) is 0 Å². The summed E-state index contributed by atoms with van der Waals surface area (Å²) >= 11 is 0. The van der Waals surface area contributed by atoms with Crippen LogP contribution in [0.5, 0.6) is 0 Å². The molecule has 1 N–H and O–H groups in total. The lowest BCUT2D eigenvalue weighted by atomic mass is 10.0. The molecule has 0 amide bonds. The quantitative estimate of drug-likeness (QED) is 0.794. The van der Waals surface area contributed by atoms with E-state index >= 15 is 0 Å². The van der Waals surface area contributed by atoms with Crippen LogP contribution >= 0.6 is 0 Å². The highest BCUT2D eigenvalue weighted by Gasteiger charge is 2.12. The second-order valence-corrected chi connectivity index (χ2v) is 5.91. The lowest BCUT2D eigenvalue weighted by molar-refractivity contribution is 0.431. The molecule has 0 aliphatic carbocycles. The molecule has 0 saturated carbocycles. The van der Waals surface area contributed by atoms with Gasteiger partial charge in [-0.25, -0.2) is 8.78 Å². The van der Waals surface area contributed by atoms with Gasteiger partial charge in [0.1, 0.15) is 0 Å². The van der Waals surface area contributed by atoms with Crippen molar-refractivity contribution in [2.45, 2.75) is 46.6 Å². The van der Waals surface area contributed by atoms with Gasteiger partial charge in [0.25, 0.3) is 0 Å². The van der Waals surface area contributed by atoms with Crippen LogP contribution in [0.25, 0.3) is 5.57 Å². The summed E-state index contributed by atoms with van der Waals surface area (Å²) in [5.74, 6) is -1.50. The van der Waals surface area contributed by atoms with Crippen LogP contribution in [0.3, 0.4) is 0 Å². The summed E-state index contributed by atoms with van der Waals surface area (Å²) in [5, 5.41) is 3.35. The number of rotatable bonds is 4. The van der Waals surface area contributed by atoms with Gasteiger partial charge in [-0.2, -0.15) is 0 Å². The fraction of sp³-hybridized carbons (Fsp3) is 0.500. The van der Waals surface area contributed by atoms with Crippen LogP contribution in [-0.2, 0) is 0 Å². The Hall–Kier alpha value is -1.22. The summed E-state index contributed by atoms with van der Waals surface area (Å²) in [5.41, 5.74) is 1.53. The normalized spacial score (nSPS) is 12.9. The van der Waals surface area contributed by atoms with E-state index in [1.807, 2.05) is 13.0 Å². The lowest BCUT2D eigenvalue weighted by Crippen LogP contribution is -2.36. The number of allylic oxidation sites excluding steroid dienone is 1. The van der Waals surface area contributed by atoms with Crippen molar-refractivity contribution in [2.24, 2.45) is 0 Å². The maximum atomic E-state index is 13.8. The van der Waals surface area contributed by atoms with Crippen LogP contribution in [0.15, 0.2) is 18.2 Å². The van der Waals surface area contributed by atoms with Gasteiger partial charge < -0.3 is 5.32 Å². The van der Waals surface area contributed by atoms with E-state index in [0.29, 0.717) is 11.1 Å². The van der Waals surface area contributed by atoms with E-state index < -0.39 is 11.6 Å². The summed E-state index contributed by atoms with van der Waals surface area (Å²) < 4.78 is 27.3. The van der Waals surface area contributed by atoms with Crippen molar-refractivity contribution in [2.75, 3.05) is 6.54 Å². The van der Waals surface area contributed by atoms with Crippen molar-refractivity contribution in [3.05, 3.63) is 41.0 Å². The molecule has 1 aromatic rings. The van der Waals surface area contributed by atoms with Crippen molar-refractivity contribution < 1.29 is 8.78 Å². The van der Waals surface area contributed by atoms with Crippen LogP contribution < -0.4 is 5.32 Å². The Morgan fingerprint density at radius 3 is 2.42 bits per heavy atom. The highest BCUT2D eigenvalue weighted by Crippen LogP contribution is 2.22. The maximum absolute atomic E-state index is 13.8. The minimum atomic E-state index is -0.752. The van der Waals surface area contributed by atoms with Crippen molar-refractivity contribution in [1.82, 2.24) is 5.32 Å². The fourth-order valence-electron chi connectivity index (χ4n) is 1.80. The molecule has 19 heavy (non-hydrogen) atoms. The summed E-state index contributed by atoms with van der Waals surface area (Å²) in [7, 11) is 0. The van der Waals surface area contributed by atoms with Crippen molar-refractivity contribution >= 4 is 5.57 Å². The Kier molecular flexibility index (Phi) is 5.24. The number of hydrogen-bond acceptors (Lipinski definition) is 1. The molecule has 0 fully saturated rings. The molecule has 0 heterocycles. The Balaban J connectivity index is 2.73. The molecule has 0 aliphatic rings. The fourth-order valence-corrected chi connectivity index (χ4v) is 1.80. The zero-order valence-electron chi connectivity index (χ0n) is 12.4. The van der Waals surface area contributed by atoms with Gasteiger partial charge in [0.05, 0.1) is 0 Å². The Morgan fingerprint density at radius 2 is 1.84 bits per heavy atom. The molecule has 0 atom stereocenters. The molecular formula is C16H23F2N. The molecule has 1 aromatic carbocycles. The van der Waals surface area contributed by atoms with Gasteiger partial charge in [0.2, 0.25) is 0 Å². The van der Waals surface area contributed by atoms with E-state index in [1.165, 1.54) is 0 Å². The molecule has 0 spiro atoms. The molecule has 0 unspecified atom stereocenters. The number of benzene rings is 1. The molecule has 106 valence electrons. The predicted molar refractivity (Wildman–Crippen MR) is 77.1 cm³/mol. The molecular weight excluding hydrogens is 244 g/mol. The third kappa shape index (κ3) is 4.75. The molecule has 0 radical (unpaired) electrons. The molecule has 3 heteroatoms. The van der Waals surface area contributed by atoms with E-state index in [9.17, 15) is 8.78 Å². The molecule has 1 nitrogen and oxygen atoms in total. The van der Waals surface area contributed by atoms with Crippen LogP contribution in [0.1, 0.15) is 45.2 Å². The maximum Gasteiger partial charge on any atom is 0.166 e. The van der Waals surface area contributed by atoms with Crippen LogP contribution in [0, 0.1) is 18.6 Å². The van der Waals surface area contributed by atoms with Gasteiger partial charge in [-0.05, 0) is 58.7 Å². The van der Waals surface area contributed by atoms with E-state index in [0.717, 1.165) is 18.5 Å². The van der Waals surface area contributed by atoms with Crippen molar-refractivity contribution in [3.8, 4) is 0 Å². The van der Waals surface area contributed by atoms with Crippen LogP contribution in [0.4, 0.5) is 8.78 Å². The first-order valence-electron chi connectivity index (χ1n) is 6.59. The first-order chi connectivity index (χ1) is 8.72. The van der Waals surface area contributed by atoms with E-state index in [1.54, 1.807) is 19.1 Å². The van der Waals surface area contributed by atoms with Crippen molar-refractivity contribution in [3.63, 3.8) is 0 Å². The zero-order valence-corrected chi connectivity index (χ0v) is 12.4. The first kappa shape index (κ1) is 15.8. The highest BCUT2D eigenvalue weighted by molar-refractivity contribution is 5.64. The van der Waals surface area contributed by atoms with Gasteiger partial charge in [-0.15, -0.1) is 0 Å². The minimum absolute atomic E-state index is 0.0724. The lowest BCUT2D eigenvalue weighted by Gasteiger charge is -2.19. The van der Waals surface area contributed by atoms with Gasteiger partial charge in [-0.3, -0.25) is 0 Å². The average Bonchev–Trinajstić information content (AvgIpc) is 2.30. The summed E-state index contributed by atoms with van der Waals surface area (Å²) in [6, 6.07) is 3.25. The van der Waals surface area contributed by atoms with E-state index in [2.05, 4.69) is 26.1 Å². The molecule has 0 aromatic heterocycles. The second kappa shape index (κ2) is 6.29. The average molecular weight is 267 g/mol. The third-order valence-electron chi connectivity index (χ3n) is 2.95. The Labute approximate surface area is 114 Å². The second-order valence-electron chi connectivity index (χ2n) is 5.91. The molecule has 0 aliphatic heterocycles. The monoisotopic (exact) mass is 267 g/mol. The summed E-state index contributed by atoms with van der Waals surface area (Å²) in [4.78, 5) is 0. The smallest absolute Gasteiger partial charge is 0.166 e. The largest absolute Gasteiger partial charge is 0.312 e. The number of hydrogen-bond donors (Lipinski definition) is 1. The van der Waals surface area contributed by atoms with Gasteiger partial charge >= 0.3 is 0 Å². The first-order valence-corrected chi connectivity index (χ1v) is 6.59. The number of nitrogens with one attached hydrogen (secondary N) is 1. The van der Waals surface area contributed by atoms with Gasteiger partial charge in [0.15, 0.2) is 11.6 Å². The Bertz CT molecular complexity index is 470.